The van der Waals surface area contributed by atoms with Gasteiger partial charge in [-0.05, 0) is 38.0 Å². The third kappa shape index (κ3) is 4.30. The van der Waals surface area contributed by atoms with E-state index < -0.39 is 0 Å². The Bertz CT molecular complexity index is 839. The molecule has 0 saturated heterocycles. The fourth-order valence-electron chi connectivity index (χ4n) is 3.35. The molecule has 1 aliphatic rings. The monoisotopic (exact) mass is 382 g/mol. The van der Waals surface area contributed by atoms with Crippen molar-refractivity contribution < 1.29 is 14.4 Å². The van der Waals surface area contributed by atoms with Crippen molar-refractivity contribution in [3.63, 3.8) is 0 Å². The average molecular weight is 382 g/mol. The molecule has 0 radical (unpaired) electrons. The van der Waals surface area contributed by atoms with E-state index >= 15 is 0 Å². The number of hydrogen-bond donors (Lipinski definition) is 0. The van der Waals surface area contributed by atoms with Gasteiger partial charge in [-0.25, -0.2) is 0 Å². The number of hydrogen-bond acceptors (Lipinski definition) is 4. The zero-order valence-corrected chi connectivity index (χ0v) is 16.4. The summed E-state index contributed by atoms with van der Waals surface area (Å²) in [4.78, 5) is 39.9. The molecule has 148 valence electrons. The number of amides is 3. The molecule has 28 heavy (non-hydrogen) atoms. The lowest BCUT2D eigenvalue weighted by Crippen LogP contribution is -2.30. The number of aryl methyl sites for hydroxylation is 1. The van der Waals surface area contributed by atoms with E-state index in [0.717, 1.165) is 25.1 Å². The van der Waals surface area contributed by atoms with Crippen molar-refractivity contribution in [3.8, 4) is 0 Å². The molecule has 0 unspecified atom stereocenters. The molecule has 0 fully saturated rings. The lowest BCUT2D eigenvalue weighted by atomic mass is 10.1. The maximum absolute atomic E-state index is 12.3. The van der Waals surface area contributed by atoms with Crippen LogP contribution in [0.5, 0.6) is 0 Å². The largest absolute Gasteiger partial charge is 0.340 e. The SMILES string of the molecule is CCn1ccc(CN(C)C(=O)CCCCCN2C(=O)c3ccccc3C2=O)n1. The first-order valence-corrected chi connectivity index (χ1v) is 9.72. The molecule has 0 saturated carbocycles. The number of carbonyl (C=O) groups is 3. The van der Waals surface area contributed by atoms with Gasteiger partial charge in [0.25, 0.3) is 11.8 Å². The molecule has 1 aromatic heterocycles. The Morgan fingerprint density at radius 2 is 1.71 bits per heavy atom. The molecule has 3 rings (SSSR count). The van der Waals surface area contributed by atoms with Gasteiger partial charge in [0.05, 0.1) is 23.4 Å². The fraction of sp³-hybridized carbons (Fsp3) is 0.429. The first-order chi connectivity index (χ1) is 13.5. The van der Waals surface area contributed by atoms with Gasteiger partial charge in [-0.1, -0.05) is 18.6 Å². The molecule has 0 spiro atoms. The second-order valence-electron chi connectivity index (χ2n) is 7.03. The number of unbranched alkanes of at least 4 members (excludes halogenated alkanes) is 2. The van der Waals surface area contributed by atoms with E-state index in [2.05, 4.69) is 5.10 Å². The highest BCUT2D eigenvalue weighted by Crippen LogP contribution is 2.22. The summed E-state index contributed by atoms with van der Waals surface area (Å²) >= 11 is 0. The smallest absolute Gasteiger partial charge is 0.261 e. The van der Waals surface area contributed by atoms with Gasteiger partial charge in [0, 0.05) is 32.8 Å². The highest BCUT2D eigenvalue weighted by molar-refractivity contribution is 6.21. The van der Waals surface area contributed by atoms with E-state index in [4.69, 9.17) is 0 Å². The summed E-state index contributed by atoms with van der Waals surface area (Å²) in [5, 5.41) is 4.39. The maximum atomic E-state index is 12.3. The quantitative estimate of drug-likeness (QED) is 0.494. The number of aromatic nitrogens is 2. The second-order valence-corrected chi connectivity index (χ2v) is 7.03. The summed E-state index contributed by atoms with van der Waals surface area (Å²) in [6.07, 6.45) is 4.58. The molecule has 3 amide bonds. The van der Waals surface area contributed by atoms with Gasteiger partial charge in [0.2, 0.25) is 5.91 Å². The number of imide groups is 1. The van der Waals surface area contributed by atoms with Crippen molar-refractivity contribution in [2.45, 2.75) is 45.7 Å². The number of fused-ring (bicyclic) bond motifs is 1. The number of carbonyl (C=O) groups excluding carboxylic acids is 3. The summed E-state index contributed by atoms with van der Waals surface area (Å²) in [5.74, 6) is -0.363. The molecule has 1 aromatic carbocycles. The predicted octanol–water partition coefficient (Wildman–Crippen LogP) is 2.72. The number of rotatable bonds is 9. The Kier molecular flexibility index (Phi) is 6.23. The van der Waals surface area contributed by atoms with Crippen LogP contribution in [0.3, 0.4) is 0 Å². The number of nitrogens with zero attached hydrogens (tertiary/aromatic N) is 4. The second kappa shape index (κ2) is 8.82. The molecule has 1 aliphatic heterocycles. The predicted molar refractivity (Wildman–Crippen MR) is 105 cm³/mol. The van der Waals surface area contributed by atoms with Crippen molar-refractivity contribution in [1.82, 2.24) is 19.6 Å². The van der Waals surface area contributed by atoms with Crippen LogP contribution < -0.4 is 0 Å². The van der Waals surface area contributed by atoms with Crippen LogP contribution in [-0.4, -0.2) is 50.9 Å². The van der Waals surface area contributed by atoms with E-state index in [1.54, 1.807) is 36.2 Å². The normalized spacial score (nSPS) is 13.1. The van der Waals surface area contributed by atoms with E-state index in [1.165, 1.54) is 4.90 Å². The summed E-state index contributed by atoms with van der Waals surface area (Å²) in [6, 6.07) is 8.83. The highest BCUT2D eigenvalue weighted by Gasteiger charge is 2.34. The zero-order valence-electron chi connectivity index (χ0n) is 16.4. The van der Waals surface area contributed by atoms with Gasteiger partial charge in [-0.3, -0.25) is 24.0 Å². The Morgan fingerprint density at radius 3 is 2.32 bits per heavy atom. The van der Waals surface area contributed by atoms with Crippen LogP contribution in [0, 0.1) is 0 Å². The molecule has 0 N–H and O–H groups in total. The van der Waals surface area contributed by atoms with Gasteiger partial charge < -0.3 is 4.90 Å². The minimum atomic E-state index is -0.220. The van der Waals surface area contributed by atoms with Crippen molar-refractivity contribution in [1.29, 1.82) is 0 Å². The first-order valence-electron chi connectivity index (χ1n) is 9.72. The van der Waals surface area contributed by atoms with E-state index in [1.807, 2.05) is 23.9 Å². The molecule has 2 heterocycles. The summed E-state index contributed by atoms with van der Waals surface area (Å²) in [7, 11) is 1.78. The Labute approximate surface area is 164 Å². The maximum Gasteiger partial charge on any atom is 0.261 e. The summed E-state index contributed by atoms with van der Waals surface area (Å²) in [5.41, 5.74) is 1.84. The average Bonchev–Trinajstić information content (AvgIpc) is 3.25. The van der Waals surface area contributed by atoms with Gasteiger partial charge >= 0.3 is 0 Å². The topological polar surface area (TPSA) is 75.5 Å². The minimum absolute atomic E-state index is 0.0757. The Morgan fingerprint density at radius 1 is 1.04 bits per heavy atom. The van der Waals surface area contributed by atoms with E-state index in [9.17, 15) is 14.4 Å². The van der Waals surface area contributed by atoms with Crippen LogP contribution in [0.1, 0.15) is 59.0 Å². The van der Waals surface area contributed by atoms with Crippen LogP contribution in [0.4, 0.5) is 0 Å². The van der Waals surface area contributed by atoms with Crippen LogP contribution in [0.25, 0.3) is 0 Å². The lowest BCUT2D eigenvalue weighted by Gasteiger charge is -2.16. The van der Waals surface area contributed by atoms with Crippen LogP contribution in [-0.2, 0) is 17.9 Å². The highest BCUT2D eigenvalue weighted by atomic mass is 16.2. The molecular weight excluding hydrogens is 356 g/mol. The van der Waals surface area contributed by atoms with Crippen molar-refractivity contribution in [2.24, 2.45) is 0 Å². The molecule has 0 atom stereocenters. The molecule has 0 aliphatic carbocycles. The molecule has 7 nitrogen and oxygen atoms in total. The van der Waals surface area contributed by atoms with Gasteiger partial charge in [0.15, 0.2) is 0 Å². The van der Waals surface area contributed by atoms with Gasteiger partial charge in [-0.2, -0.15) is 5.10 Å². The van der Waals surface area contributed by atoms with E-state index in [0.29, 0.717) is 37.1 Å². The third-order valence-corrected chi connectivity index (χ3v) is 5.00. The fourth-order valence-corrected chi connectivity index (χ4v) is 3.35. The zero-order chi connectivity index (χ0) is 20.1. The van der Waals surface area contributed by atoms with Crippen molar-refractivity contribution in [2.75, 3.05) is 13.6 Å². The Balaban J connectivity index is 1.37. The van der Waals surface area contributed by atoms with Crippen LogP contribution in [0.2, 0.25) is 0 Å². The van der Waals surface area contributed by atoms with Crippen molar-refractivity contribution in [3.05, 3.63) is 53.3 Å². The van der Waals surface area contributed by atoms with Gasteiger partial charge in [-0.15, -0.1) is 0 Å². The van der Waals surface area contributed by atoms with Crippen LogP contribution in [0.15, 0.2) is 36.5 Å². The van der Waals surface area contributed by atoms with E-state index in [-0.39, 0.29) is 17.7 Å². The molecule has 2 aromatic rings. The van der Waals surface area contributed by atoms with Crippen molar-refractivity contribution >= 4 is 17.7 Å². The van der Waals surface area contributed by atoms with Crippen LogP contribution >= 0.6 is 0 Å². The third-order valence-electron chi connectivity index (χ3n) is 5.00. The lowest BCUT2D eigenvalue weighted by molar-refractivity contribution is -0.130. The van der Waals surface area contributed by atoms with Gasteiger partial charge in [0.1, 0.15) is 0 Å². The first kappa shape index (κ1) is 19.8. The molecule has 0 bridgehead atoms. The summed E-state index contributed by atoms with van der Waals surface area (Å²) < 4.78 is 1.84. The summed E-state index contributed by atoms with van der Waals surface area (Å²) in [6.45, 7) is 3.73. The Hall–Kier alpha value is -2.96. The molecular formula is C21H26N4O3. The standard InChI is InChI=1S/C21H26N4O3/c1-3-24-14-12-16(22-24)15-23(2)19(26)11-5-4-8-13-25-20(27)17-9-6-7-10-18(17)21(25)28/h6-7,9-10,12,14H,3-5,8,11,13,15H2,1-2H3. The number of benzene rings is 1. The molecule has 7 heteroatoms. The minimum Gasteiger partial charge on any atom is -0.340 e.